The lowest BCUT2D eigenvalue weighted by molar-refractivity contribution is -0.115. The number of aromatic nitrogens is 2. The van der Waals surface area contributed by atoms with Gasteiger partial charge in [0.15, 0.2) is 0 Å². The van der Waals surface area contributed by atoms with E-state index in [1.165, 1.54) is 0 Å². The van der Waals surface area contributed by atoms with E-state index in [0.29, 0.717) is 6.42 Å². The topological polar surface area (TPSA) is 57.8 Å². The number of carbonyl (C=O) groups is 1. The van der Waals surface area contributed by atoms with Crippen LogP contribution in [0.2, 0.25) is 0 Å². The molecule has 2 N–H and O–H groups in total. The fraction of sp³-hybridized carbons (Fsp3) is 0.0667. The number of rotatable bonds is 0. The van der Waals surface area contributed by atoms with Crippen molar-refractivity contribution in [3.05, 3.63) is 46.7 Å². The molecule has 20 heavy (non-hydrogen) atoms. The fourth-order valence-corrected chi connectivity index (χ4v) is 3.05. The maximum absolute atomic E-state index is 12.1. The second kappa shape index (κ2) is 4.18. The molecule has 4 rings (SSSR count). The van der Waals surface area contributed by atoms with E-state index in [4.69, 9.17) is 0 Å². The minimum Gasteiger partial charge on any atom is -0.354 e. The molecule has 1 amide bonds. The van der Waals surface area contributed by atoms with Gasteiger partial charge in [-0.3, -0.25) is 9.78 Å². The Balaban J connectivity index is 2.10. The molecule has 0 saturated heterocycles. The molecule has 1 aromatic carbocycles. The average Bonchev–Trinajstić information content (AvgIpc) is 2.70. The minimum atomic E-state index is -0.00271. The molecular weight excluding hydrogens is 318 g/mol. The summed E-state index contributed by atoms with van der Waals surface area (Å²) < 4.78 is 1.00. The van der Waals surface area contributed by atoms with Gasteiger partial charge in [-0.2, -0.15) is 0 Å². The zero-order valence-electron chi connectivity index (χ0n) is 10.4. The highest BCUT2D eigenvalue weighted by molar-refractivity contribution is 9.10. The Kier molecular flexibility index (Phi) is 2.44. The molecular formula is C15H10BrN3O. The molecule has 0 spiro atoms. The Morgan fingerprint density at radius 2 is 2.15 bits per heavy atom. The number of H-pyrrole nitrogens is 1. The normalized spacial score (nSPS) is 13.6. The SMILES string of the molecule is O=C1Cc2c([nH]c3ccc(Br)cc23)-c2cnccc2N1. The van der Waals surface area contributed by atoms with Crippen molar-refractivity contribution in [1.82, 2.24) is 9.97 Å². The highest BCUT2D eigenvalue weighted by atomic mass is 79.9. The number of halogens is 1. The summed E-state index contributed by atoms with van der Waals surface area (Å²) in [5, 5.41) is 3.99. The summed E-state index contributed by atoms with van der Waals surface area (Å²) in [6.07, 6.45) is 3.83. The third-order valence-corrected chi connectivity index (χ3v) is 4.06. The quantitative estimate of drug-likeness (QED) is 0.664. The number of carbonyl (C=O) groups excluding carboxylic acids is 1. The number of hydrogen-bond donors (Lipinski definition) is 2. The lowest BCUT2D eigenvalue weighted by Crippen LogP contribution is -2.12. The number of pyridine rings is 1. The van der Waals surface area contributed by atoms with Crippen LogP contribution in [0.1, 0.15) is 5.56 Å². The van der Waals surface area contributed by atoms with Gasteiger partial charge in [-0.1, -0.05) is 15.9 Å². The molecule has 3 aromatic rings. The summed E-state index contributed by atoms with van der Waals surface area (Å²) in [6, 6.07) is 7.87. The highest BCUT2D eigenvalue weighted by Crippen LogP contribution is 2.37. The fourth-order valence-electron chi connectivity index (χ4n) is 2.69. The second-order valence-electron chi connectivity index (χ2n) is 4.81. The van der Waals surface area contributed by atoms with Crippen LogP contribution in [-0.4, -0.2) is 15.9 Å². The van der Waals surface area contributed by atoms with Crippen LogP contribution in [0.4, 0.5) is 5.69 Å². The van der Waals surface area contributed by atoms with E-state index >= 15 is 0 Å². The van der Waals surface area contributed by atoms with Crippen molar-refractivity contribution in [1.29, 1.82) is 0 Å². The number of hydrogen-bond acceptors (Lipinski definition) is 2. The van der Waals surface area contributed by atoms with E-state index in [1.807, 2.05) is 24.3 Å². The van der Waals surface area contributed by atoms with Gasteiger partial charge in [-0.05, 0) is 29.8 Å². The largest absolute Gasteiger partial charge is 0.354 e. The van der Waals surface area contributed by atoms with Crippen molar-refractivity contribution in [3.8, 4) is 11.3 Å². The highest BCUT2D eigenvalue weighted by Gasteiger charge is 2.22. The smallest absolute Gasteiger partial charge is 0.228 e. The van der Waals surface area contributed by atoms with Crippen molar-refractivity contribution < 1.29 is 4.79 Å². The summed E-state index contributed by atoms with van der Waals surface area (Å²) in [7, 11) is 0. The first-order valence-corrected chi connectivity index (χ1v) is 7.06. The van der Waals surface area contributed by atoms with E-state index in [2.05, 4.69) is 31.2 Å². The maximum atomic E-state index is 12.1. The number of nitrogens with one attached hydrogen (secondary N) is 2. The molecule has 5 heteroatoms. The summed E-state index contributed by atoms with van der Waals surface area (Å²) in [6.45, 7) is 0. The first-order chi connectivity index (χ1) is 9.72. The predicted molar refractivity (Wildman–Crippen MR) is 81.6 cm³/mol. The van der Waals surface area contributed by atoms with Gasteiger partial charge in [0.25, 0.3) is 0 Å². The number of amides is 1. The third-order valence-electron chi connectivity index (χ3n) is 3.57. The van der Waals surface area contributed by atoms with E-state index in [9.17, 15) is 4.79 Å². The standard InChI is InChI=1S/C15H10BrN3O/c16-8-1-2-12-9(5-8)10-6-14(20)18-13-3-4-17-7-11(13)15(10)19-12/h1-5,7,19H,6H2,(H,18,20). The van der Waals surface area contributed by atoms with E-state index < -0.39 is 0 Å². The molecule has 0 radical (unpaired) electrons. The molecule has 3 heterocycles. The van der Waals surface area contributed by atoms with Gasteiger partial charge >= 0.3 is 0 Å². The predicted octanol–water partition coefficient (Wildman–Crippen LogP) is 3.49. The van der Waals surface area contributed by atoms with Crippen molar-refractivity contribution >= 4 is 38.4 Å². The van der Waals surface area contributed by atoms with Gasteiger partial charge in [-0.15, -0.1) is 0 Å². The Morgan fingerprint density at radius 3 is 3.05 bits per heavy atom. The lowest BCUT2D eigenvalue weighted by atomic mass is 10.0. The van der Waals surface area contributed by atoms with E-state index in [1.54, 1.807) is 12.4 Å². The van der Waals surface area contributed by atoms with Gasteiger partial charge in [0.05, 0.1) is 17.8 Å². The third kappa shape index (κ3) is 1.67. The van der Waals surface area contributed by atoms with Crippen LogP contribution in [0.5, 0.6) is 0 Å². The monoisotopic (exact) mass is 327 g/mol. The average molecular weight is 328 g/mol. The summed E-state index contributed by atoms with van der Waals surface area (Å²) in [5.41, 5.74) is 4.75. The van der Waals surface area contributed by atoms with Gasteiger partial charge in [0.2, 0.25) is 5.91 Å². The maximum Gasteiger partial charge on any atom is 0.228 e. The molecule has 98 valence electrons. The molecule has 2 aromatic heterocycles. The number of aromatic amines is 1. The van der Waals surface area contributed by atoms with Gasteiger partial charge in [-0.25, -0.2) is 0 Å². The van der Waals surface area contributed by atoms with Crippen LogP contribution in [0.15, 0.2) is 41.1 Å². The molecule has 0 bridgehead atoms. The molecule has 0 fully saturated rings. The summed E-state index contributed by atoms with van der Waals surface area (Å²) >= 11 is 3.48. The van der Waals surface area contributed by atoms with Crippen molar-refractivity contribution in [2.75, 3.05) is 5.32 Å². The van der Waals surface area contributed by atoms with Crippen molar-refractivity contribution in [2.45, 2.75) is 6.42 Å². The van der Waals surface area contributed by atoms with Crippen LogP contribution < -0.4 is 5.32 Å². The molecule has 0 saturated carbocycles. The molecule has 0 aliphatic carbocycles. The minimum absolute atomic E-state index is 0.00271. The lowest BCUT2D eigenvalue weighted by Gasteiger charge is -2.04. The summed E-state index contributed by atoms with van der Waals surface area (Å²) in [5.74, 6) is -0.00271. The van der Waals surface area contributed by atoms with Gasteiger partial charge in [0.1, 0.15) is 0 Å². The Labute approximate surface area is 123 Å². The molecule has 1 aliphatic rings. The first-order valence-electron chi connectivity index (χ1n) is 6.27. The van der Waals surface area contributed by atoms with Crippen LogP contribution in [0.25, 0.3) is 22.2 Å². The van der Waals surface area contributed by atoms with Crippen molar-refractivity contribution in [2.24, 2.45) is 0 Å². The first kappa shape index (κ1) is 11.7. The van der Waals surface area contributed by atoms with E-state index in [-0.39, 0.29) is 5.91 Å². The number of nitrogens with zero attached hydrogens (tertiary/aromatic N) is 1. The van der Waals surface area contributed by atoms with Crippen LogP contribution >= 0.6 is 15.9 Å². The number of fused-ring (bicyclic) bond motifs is 5. The zero-order chi connectivity index (χ0) is 13.7. The molecule has 1 aliphatic heterocycles. The number of anilines is 1. The van der Waals surface area contributed by atoms with Gasteiger partial charge in [0, 0.05) is 33.3 Å². The molecule has 0 atom stereocenters. The summed E-state index contributed by atoms with van der Waals surface area (Å²) in [4.78, 5) is 19.7. The second-order valence-corrected chi connectivity index (χ2v) is 5.73. The van der Waals surface area contributed by atoms with Crippen LogP contribution in [0, 0.1) is 0 Å². The zero-order valence-corrected chi connectivity index (χ0v) is 12.0. The Morgan fingerprint density at radius 1 is 1.25 bits per heavy atom. The molecule has 4 nitrogen and oxygen atoms in total. The molecule has 0 unspecified atom stereocenters. The van der Waals surface area contributed by atoms with E-state index in [0.717, 1.165) is 37.9 Å². The Hall–Kier alpha value is -2.14. The van der Waals surface area contributed by atoms with Crippen LogP contribution in [-0.2, 0) is 11.2 Å². The van der Waals surface area contributed by atoms with Crippen molar-refractivity contribution in [3.63, 3.8) is 0 Å². The number of benzene rings is 1. The van der Waals surface area contributed by atoms with Crippen LogP contribution in [0.3, 0.4) is 0 Å². The Bertz CT molecular complexity index is 853. The van der Waals surface area contributed by atoms with Gasteiger partial charge < -0.3 is 10.3 Å².